The maximum Gasteiger partial charge on any atom is 0.339 e. The molecule has 0 aliphatic heterocycles. The van der Waals surface area contributed by atoms with Crippen LogP contribution in [0.25, 0.3) is 0 Å². The Balaban J connectivity index is 2.92. The molecule has 0 radical (unpaired) electrons. The van der Waals surface area contributed by atoms with E-state index in [1.165, 1.54) is 6.20 Å². The summed E-state index contributed by atoms with van der Waals surface area (Å²) in [4.78, 5) is 14.9. The number of ether oxygens (including phenoxy) is 1. The van der Waals surface area contributed by atoms with E-state index in [4.69, 9.17) is 9.84 Å². The lowest BCUT2D eigenvalue weighted by molar-refractivity contribution is 0.0697. The highest BCUT2D eigenvalue weighted by Gasteiger charge is 2.12. The van der Waals surface area contributed by atoms with Crippen molar-refractivity contribution in [2.45, 2.75) is 19.9 Å². The molecule has 0 aliphatic rings. The van der Waals surface area contributed by atoms with Gasteiger partial charge in [0.05, 0.1) is 12.3 Å². The SMILES string of the molecule is COCC(C)Nc1cc(C)ncc1C(=O)O. The summed E-state index contributed by atoms with van der Waals surface area (Å²) in [6.45, 7) is 4.25. The molecule has 1 aromatic heterocycles. The second kappa shape index (κ2) is 5.46. The van der Waals surface area contributed by atoms with Crippen molar-refractivity contribution in [2.24, 2.45) is 0 Å². The van der Waals surface area contributed by atoms with E-state index in [2.05, 4.69) is 10.3 Å². The zero-order valence-corrected chi connectivity index (χ0v) is 9.65. The van der Waals surface area contributed by atoms with Crippen LogP contribution in [0.5, 0.6) is 0 Å². The molecule has 2 N–H and O–H groups in total. The van der Waals surface area contributed by atoms with Gasteiger partial charge in [0.1, 0.15) is 5.56 Å². The largest absolute Gasteiger partial charge is 0.478 e. The maximum atomic E-state index is 11.0. The van der Waals surface area contributed by atoms with E-state index in [0.29, 0.717) is 12.3 Å². The second-order valence-electron chi connectivity index (χ2n) is 3.68. The van der Waals surface area contributed by atoms with E-state index in [1.54, 1.807) is 13.2 Å². The average molecular weight is 224 g/mol. The van der Waals surface area contributed by atoms with Gasteiger partial charge in [0.15, 0.2) is 0 Å². The monoisotopic (exact) mass is 224 g/mol. The van der Waals surface area contributed by atoms with Crippen LogP contribution >= 0.6 is 0 Å². The van der Waals surface area contributed by atoms with Crippen molar-refractivity contribution in [3.05, 3.63) is 23.5 Å². The molecule has 0 bridgehead atoms. The fourth-order valence-electron chi connectivity index (χ4n) is 1.41. The van der Waals surface area contributed by atoms with Gasteiger partial charge in [0.2, 0.25) is 0 Å². The fraction of sp³-hybridized carbons (Fsp3) is 0.455. The minimum atomic E-state index is -0.986. The molecule has 0 saturated heterocycles. The second-order valence-corrected chi connectivity index (χ2v) is 3.68. The summed E-state index contributed by atoms with van der Waals surface area (Å²) in [6.07, 6.45) is 1.36. The molecule has 0 amide bonds. The number of rotatable bonds is 5. The topological polar surface area (TPSA) is 71.5 Å². The van der Waals surface area contributed by atoms with Crippen molar-refractivity contribution >= 4 is 11.7 Å². The van der Waals surface area contributed by atoms with Gasteiger partial charge in [-0.25, -0.2) is 4.79 Å². The lowest BCUT2D eigenvalue weighted by Gasteiger charge is -2.16. The summed E-state index contributed by atoms with van der Waals surface area (Å²) in [5, 5.41) is 12.1. The van der Waals surface area contributed by atoms with Crippen molar-refractivity contribution < 1.29 is 14.6 Å². The first kappa shape index (κ1) is 12.4. The van der Waals surface area contributed by atoms with Crippen LogP contribution < -0.4 is 5.32 Å². The summed E-state index contributed by atoms with van der Waals surface area (Å²) in [6, 6.07) is 1.76. The number of hydrogen-bond donors (Lipinski definition) is 2. The minimum Gasteiger partial charge on any atom is -0.478 e. The van der Waals surface area contributed by atoms with Gasteiger partial charge in [0.25, 0.3) is 0 Å². The molecule has 5 heteroatoms. The van der Waals surface area contributed by atoms with Gasteiger partial charge in [-0.15, -0.1) is 0 Å². The van der Waals surface area contributed by atoms with Crippen molar-refractivity contribution in [3.63, 3.8) is 0 Å². The molecule has 1 atom stereocenters. The van der Waals surface area contributed by atoms with Gasteiger partial charge in [-0.1, -0.05) is 0 Å². The molecule has 0 aromatic carbocycles. The van der Waals surface area contributed by atoms with Gasteiger partial charge < -0.3 is 15.2 Å². The predicted molar refractivity (Wildman–Crippen MR) is 60.9 cm³/mol. The number of nitrogens with one attached hydrogen (secondary N) is 1. The Morgan fingerprint density at radius 3 is 2.94 bits per heavy atom. The molecule has 1 heterocycles. The number of aryl methyl sites for hydroxylation is 1. The Morgan fingerprint density at radius 2 is 2.38 bits per heavy atom. The van der Waals surface area contributed by atoms with Gasteiger partial charge in [-0.2, -0.15) is 0 Å². The smallest absolute Gasteiger partial charge is 0.339 e. The van der Waals surface area contributed by atoms with Gasteiger partial charge in [-0.3, -0.25) is 4.98 Å². The quantitative estimate of drug-likeness (QED) is 0.793. The maximum absolute atomic E-state index is 11.0. The highest BCUT2D eigenvalue weighted by atomic mass is 16.5. The third kappa shape index (κ3) is 3.20. The third-order valence-electron chi connectivity index (χ3n) is 2.09. The Morgan fingerprint density at radius 1 is 1.69 bits per heavy atom. The lowest BCUT2D eigenvalue weighted by Crippen LogP contribution is -2.22. The number of nitrogens with zero attached hydrogens (tertiary/aromatic N) is 1. The molecule has 88 valence electrons. The van der Waals surface area contributed by atoms with Crippen LogP contribution in [0.1, 0.15) is 23.0 Å². The van der Waals surface area contributed by atoms with Crippen LogP contribution in [0.4, 0.5) is 5.69 Å². The van der Waals surface area contributed by atoms with Crippen molar-refractivity contribution in [1.82, 2.24) is 4.98 Å². The summed E-state index contributed by atoms with van der Waals surface area (Å²) in [5.41, 5.74) is 1.52. The first-order valence-electron chi connectivity index (χ1n) is 5.00. The molecule has 0 saturated carbocycles. The number of aromatic carboxylic acids is 1. The zero-order chi connectivity index (χ0) is 12.1. The number of carbonyl (C=O) groups is 1. The zero-order valence-electron chi connectivity index (χ0n) is 9.65. The Bertz CT molecular complexity index is 379. The molecular weight excluding hydrogens is 208 g/mol. The summed E-state index contributed by atoms with van der Waals surface area (Å²) in [5.74, 6) is -0.986. The number of pyridine rings is 1. The Hall–Kier alpha value is -1.62. The normalized spacial score (nSPS) is 12.2. The molecule has 0 aliphatic carbocycles. The number of carboxylic acid groups (broad SMARTS) is 1. The molecule has 1 aromatic rings. The summed E-state index contributed by atoms with van der Waals surface area (Å²) >= 11 is 0. The van der Waals surface area contributed by atoms with Crippen LogP contribution in [0.2, 0.25) is 0 Å². The van der Waals surface area contributed by atoms with Crippen LogP contribution in [0.3, 0.4) is 0 Å². The number of methoxy groups -OCH3 is 1. The highest BCUT2D eigenvalue weighted by molar-refractivity contribution is 5.93. The predicted octanol–water partition coefficient (Wildman–Crippen LogP) is 1.54. The number of aromatic nitrogens is 1. The first-order chi connectivity index (χ1) is 7.54. The van der Waals surface area contributed by atoms with E-state index >= 15 is 0 Å². The van der Waals surface area contributed by atoms with Gasteiger partial charge >= 0.3 is 5.97 Å². The minimum absolute atomic E-state index is 0.0462. The third-order valence-corrected chi connectivity index (χ3v) is 2.09. The van der Waals surface area contributed by atoms with E-state index in [9.17, 15) is 4.79 Å². The van der Waals surface area contributed by atoms with E-state index in [1.807, 2.05) is 13.8 Å². The Kier molecular flexibility index (Phi) is 4.25. The molecular formula is C11H16N2O3. The number of anilines is 1. The van der Waals surface area contributed by atoms with Gasteiger partial charge in [0, 0.05) is 25.0 Å². The molecule has 1 unspecified atom stereocenters. The van der Waals surface area contributed by atoms with Crippen LogP contribution in [0.15, 0.2) is 12.3 Å². The van der Waals surface area contributed by atoms with E-state index in [-0.39, 0.29) is 11.6 Å². The first-order valence-corrected chi connectivity index (χ1v) is 5.00. The summed E-state index contributed by atoms with van der Waals surface area (Å²) in [7, 11) is 1.61. The molecule has 1 rings (SSSR count). The van der Waals surface area contributed by atoms with Crippen molar-refractivity contribution in [2.75, 3.05) is 19.0 Å². The molecule has 0 spiro atoms. The molecule has 16 heavy (non-hydrogen) atoms. The van der Waals surface area contributed by atoms with Crippen molar-refractivity contribution in [1.29, 1.82) is 0 Å². The van der Waals surface area contributed by atoms with Crippen LogP contribution in [0, 0.1) is 6.92 Å². The van der Waals surface area contributed by atoms with E-state index < -0.39 is 5.97 Å². The fourth-order valence-corrected chi connectivity index (χ4v) is 1.41. The standard InChI is InChI=1S/C11H16N2O3/c1-7-4-10(13-8(2)6-16-3)9(5-12-7)11(14)15/h4-5,8H,6H2,1-3H3,(H,12,13)(H,14,15). The van der Waals surface area contributed by atoms with Crippen molar-refractivity contribution in [3.8, 4) is 0 Å². The molecule has 5 nitrogen and oxygen atoms in total. The average Bonchev–Trinajstić information content (AvgIpc) is 2.17. The van der Waals surface area contributed by atoms with Gasteiger partial charge in [-0.05, 0) is 19.9 Å². The van der Waals surface area contributed by atoms with E-state index in [0.717, 1.165) is 5.69 Å². The molecule has 0 fully saturated rings. The Labute approximate surface area is 94.5 Å². The lowest BCUT2D eigenvalue weighted by atomic mass is 10.2. The number of carboxylic acids is 1. The highest BCUT2D eigenvalue weighted by Crippen LogP contribution is 2.16. The van der Waals surface area contributed by atoms with Crippen LogP contribution in [-0.2, 0) is 4.74 Å². The summed E-state index contributed by atoms with van der Waals surface area (Å²) < 4.78 is 4.98. The van der Waals surface area contributed by atoms with Crippen LogP contribution in [-0.4, -0.2) is 35.8 Å². The number of hydrogen-bond acceptors (Lipinski definition) is 4.